The molecular formula is C15H22N2O. The highest BCUT2D eigenvalue weighted by molar-refractivity contribution is 6.00. The molecule has 0 fully saturated rings. The number of carbonyl (C=O) groups excluding carboxylic acids is 1. The minimum Gasteiger partial charge on any atom is -0.331 e. The molecular weight excluding hydrogens is 224 g/mol. The van der Waals surface area contributed by atoms with Gasteiger partial charge in [-0.05, 0) is 38.3 Å². The van der Waals surface area contributed by atoms with Gasteiger partial charge in [0.05, 0.1) is 16.8 Å². The molecule has 0 saturated heterocycles. The molecule has 1 amide bonds. The Kier molecular flexibility index (Phi) is 3.42. The van der Waals surface area contributed by atoms with E-state index in [1.54, 1.807) is 4.90 Å². The summed E-state index contributed by atoms with van der Waals surface area (Å²) >= 11 is 0. The molecule has 1 aromatic heterocycles. The Labute approximate surface area is 109 Å². The minimum absolute atomic E-state index is 0.120. The maximum absolute atomic E-state index is 12.4. The number of aromatic nitrogens is 1. The summed E-state index contributed by atoms with van der Waals surface area (Å²) < 4.78 is 0. The number of rotatable bonds is 4. The number of hydrogen-bond donors (Lipinski definition) is 0. The molecule has 3 nitrogen and oxygen atoms in total. The molecule has 3 heteroatoms. The Hall–Kier alpha value is -1.38. The van der Waals surface area contributed by atoms with Crippen molar-refractivity contribution in [1.29, 1.82) is 0 Å². The standard InChI is InChI=1S/C15H22N2O/c1-5-6-7-8-11-9-10-16-13-12(11)14(18)17(4)15(13,2)3/h9-10H,5-8H2,1-4H3. The van der Waals surface area contributed by atoms with Crippen molar-refractivity contribution in [2.75, 3.05) is 7.05 Å². The lowest BCUT2D eigenvalue weighted by molar-refractivity contribution is 0.0687. The second-order valence-corrected chi connectivity index (χ2v) is 5.57. The zero-order chi connectivity index (χ0) is 13.3. The van der Waals surface area contributed by atoms with Crippen LogP contribution in [0, 0.1) is 0 Å². The molecule has 2 rings (SSSR count). The van der Waals surface area contributed by atoms with Gasteiger partial charge in [-0.2, -0.15) is 0 Å². The summed E-state index contributed by atoms with van der Waals surface area (Å²) in [5, 5.41) is 0. The molecule has 0 aliphatic carbocycles. The molecule has 1 aliphatic heterocycles. The fourth-order valence-electron chi connectivity index (χ4n) is 2.56. The Morgan fingerprint density at radius 2 is 2.06 bits per heavy atom. The molecule has 0 atom stereocenters. The van der Waals surface area contributed by atoms with Crippen LogP contribution in [0.15, 0.2) is 12.3 Å². The van der Waals surface area contributed by atoms with E-state index in [4.69, 9.17) is 0 Å². The third-order valence-corrected chi connectivity index (χ3v) is 4.02. The number of aryl methyl sites for hydroxylation is 1. The van der Waals surface area contributed by atoms with Crippen LogP contribution in [0.2, 0.25) is 0 Å². The van der Waals surface area contributed by atoms with Gasteiger partial charge in [-0.1, -0.05) is 19.8 Å². The van der Waals surface area contributed by atoms with Crippen LogP contribution in [-0.2, 0) is 12.0 Å². The SMILES string of the molecule is CCCCCc1ccnc2c1C(=O)N(C)C2(C)C. The molecule has 2 heterocycles. The van der Waals surface area contributed by atoms with Crippen LogP contribution in [-0.4, -0.2) is 22.8 Å². The number of amides is 1. The Morgan fingerprint density at radius 1 is 1.33 bits per heavy atom. The molecule has 18 heavy (non-hydrogen) atoms. The van der Waals surface area contributed by atoms with Crippen LogP contribution in [0.4, 0.5) is 0 Å². The second-order valence-electron chi connectivity index (χ2n) is 5.57. The lowest BCUT2D eigenvalue weighted by Crippen LogP contribution is -2.35. The van der Waals surface area contributed by atoms with Crippen LogP contribution in [0.3, 0.4) is 0 Å². The quantitative estimate of drug-likeness (QED) is 0.765. The molecule has 1 aliphatic rings. The predicted molar refractivity (Wildman–Crippen MR) is 72.6 cm³/mol. The van der Waals surface area contributed by atoms with Crippen LogP contribution in [0.5, 0.6) is 0 Å². The van der Waals surface area contributed by atoms with Crippen molar-refractivity contribution in [3.8, 4) is 0 Å². The highest BCUT2D eigenvalue weighted by Gasteiger charge is 2.43. The van der Waals surface area contributed by atoms with E-state index in [1.807, 2.05) is 19.3 Å². The minimum atomic E-state index is -0.285. The van der Waals surface area contributed by atoms with Gasteiger partial charge in [0, 0.05) is 13.2 Å². The third kappa shape index (κ3) is 1.92. The normalized spacial score (nSPS) is 17.1. The van der Waals surface area contributed by atoms with Gasteiger partial charge < -0.3 is 4.90 Å². The van der Waals surface area contributed by atoms with Crippen LogP contribution < -0.4 is 0 Å². The topological polar surface area (TPSA) is 33.2 Å². The lowest BCUT2D eigenvalue weighted by Gasteiger charge is -2.27. The predicted octanol–water partition coefficient (Wildman–Crippen LogP) is 3.14. The van der Waals surface area contributed by atoms with Gasteiger partial charge in [0.25, 0.3) is 5.91 Å². The molecule has 0 spiro atoms. The highest BCUT2D eigenvalue weighted by Crippen LogP contribution is 2.37. The van der Waals surface area contributed by atoms with E-state index in [0.717, 1.165) is 29.7 Å². The number of hydrogen-bond acceptors (Lipinski definition) is 2. The van der Waals surface area contributed by atoms with E-state index in [0.29, 0.717) is 0 Å². The first-order chi connectivity index (χ1) is 8.50. The summed E-state index contributed by atoms with van der Waals surface area (Å²) in [6.45, 7) is 6.30. The van der Waals surface area contributed by atoms with Crippen molar-refractivity contribution in [3.05, 3.63) is 29.1 Å². The van der Waals surface area contributed by atoms with E-state index in [-0.39, 0.29) is 11.4 Å². The van der Waals surface area contributed by atoms with Gasteiger partial charge >= 0.3 is 0 Å². The number of fused-ring (bicyclic) bond motifs is 1. The summed E-state index contributed by atoms with van der Waals surface area (Å²) in [4.78, 5) is 18.6. The number of nitrogens with zero attached hydrogens (tertiary/aromatic N) is 2. The largest absolute Gasteiger partial charge is 0.331 e. The van der Waals surface area contributed by atoms with Gasteiger partial charge in [-0.3, -0.25) is 9.78 Å². The van der Waals surface area contributed by atoms with Crippen molar-refractivity contribution >= 4 is 5.91 Å². The highest BCUT2D eigenvalue weighted by atomic mass is 16.2. The number of carbonyl (C=O) groups is 1. The van der Waals surface area contributed by atoms with Gasteiger partial charge in [-0.15, -0.1) is 0 Å². The molecule has 1 aromatic rings. The summed E-state index contributed by atoms with van der Waals surface area (Å²) in [5.74, 6) is 0.120. The maximum atomic E-state index is 12.4. The third-order valence-electron chi connectivity index (χ3n) is 4.02. The lowest BCUT2D eigenvalue weighted by atomic mass is 9.95. The molecule has 0 saturated carbocycles. The molecule has 0 aromatic carbocycles. The first kappa shape index (κ1) is 13.1. The molecule has 0 bridgehead atoms. The van der Waals surface area contributed by atoms with E-state index >= 15 is 0 Å². The Balaban J connectivity index is 2.37. The number of pyridine rings is 1. The average molecular weight is 246 g/mol. The summed E-state index contributed by atoms with van der Waals surface area (Å²) in [6, 6.07) is 2.00. The van der Waals surface area contributed by atoms with Gasteiger partial charge in [-0.25, -0.2) is 0 Å². The van der Waals surface area contributed by atoms with Gasteiger partial charge in [0.1, 0.15) is 0 Å². The zero-order valence-electron chi connectivity index (χ0n) is 11.8. The van der Waals surface area contributed by atoms with Crippen molar-refractivity contribution in [2.45, 2.75) is 52.0 Å². The van der Waals surface area contributed by atoms with E-state index < -0.39 is 0 Å². The summed E-state index contributed by atoms with van der Waals surface area (Å²) in [5.41, 5.74) is 2.66. The Bertz CT molecular complexity index is 466. The zero-order valence-corrected chi connectivity index (χ0v) is 11.8. The average Bonchev–Trinajstić information content (AvgIpc) is 2.53. The monoisotopic (exact) mass is 246 g/mol. The number of unbranched alkanes of at least 4 members (excludes halogenated alkanes) is 2. The van der Waals surface area contributed by atoms with Crippen molar-refractivity contribution < 1.29 is 4.79 Å². The van der Waals surface area contributed by atoms with Gasteiger partial charge in [0.15, 0.2) is 0 Å². The van der Waals surface area contributed by atoms with Crippen molar-refractivity contribution in [2.24, 2.45) is 0 Å². The van der Waals surface area contributed by atoms with Crippen LogP contribution in [0.1, 0.15) is 61.6 Å². The fourth-order valence-corrected chi connectivity index (χ4v) is 2.56. The maximum Gasteiger partial charge on any atom is 0.256 e. The molecule has 0 N–H and O–H groups in total. The van der Waals surface area contributed by atoms with Crippen LogP contribution >= 0.6 is 0 Å². The first-order valence-corrected chi connectivity index (χ1v) is 6.76. The van der Waals surface area contributed by atoms with E-state index in [1.165, 1.54) is 12.8 Å². The van der Waals surface area contributed by atoms with Crippen LogP contribution in [0.25, 0.3) is 0 Å². The van der Waals surface area contributed by atoms with Crippen molar-refractivity contribution in [1.82, 2.24) is 9.88 Å². The van der Waals surface area contributed by atoms with E-state index in [2.05, 4.69) is 25.8 Å². The second kappa shape index (κ2) is 4.71. The summed E-state index contributed by atoms with van der Waals surface area (Å²) in [7, 11) is 1.86. The van der Waals surface area contributed by atoms with Crippen molar-refractivity contribution in [3.63, 3.8) is 0 Å². The smallest absolute Gasteiger partial charge is 0.256 e. The molecule has 0 radical (unpaired) electrons. The van der Waals surface area contributed by atoms with Gasteiger partial charge in [0.2, 0.25) is 0 Å². The summed E-state index contributed by atoms with van der Waals surface area (Å²) in [6.07, 6.45) is 6.38. The Morgan fingerprint density at radius 3 is 2.72 bits per heavy atom. The molecule has 0 unspecified atom stereocenters. The molecule has 98 valence electrons. The fraction of sp³-hybridized carbons (Fsp3) is 0.600. The van der Waals surface area contributed by atoms with E-state index in [9.17, 15) is 4.79 Å². The first-order valence-electron chi connectivity index (χ1n) is 6.76.